The highest BCUT2D eigenvalue weighted by atomic mass is 19.4. The Morgan fingerprint density at radius 3 is 2.60 bits per heavy atom. The maximum atomic E-state index is 12.7. The molecule has 1 aliphatic heterocycles. The number of rotatable bonds is 4. The van der Waals surface area contributed by atoms with Crippen molar-refractivity contribution in [3.63, 3.8) is 0 Å². The van der Waals surface area contributed by atoms with Gasteiger partial charge in [-0.25, -0.2) is 9.67 Å². The summed E-state index contributed by atoms with van der Waals surface area (Å²) in [5.41, 5.74) is 1.12. The normalized spacial score (nSPS) is 12.9. The average molecular weight is 417 g/mol. The molecule has 0 spiro atoms. The number of hydrogen-bond acceptors (Lipinski definition) is 8. The summed E-state index contributed by atoms with van der Waals surface area (Å²) in [6.45, 7) is 0.112. The lowest BCUT2D eigenvalue weighted by molar-refractivity contribution is -0.274. The number of fused-ring (bicyclic) bond motifs is 1. The monoisotopic (exact) mass is 417 g/mol. The number of halogens is 3. The maximum absolute atomic E-state index is 12.7. The van der Waals surface area contributed by atoms with Gasteiger partial charge in [0.15, 0.2) is 11.5 Å². The Morgan fingerprint density at radius 1 is 0.967 bits per heavy atom. The Bertz CT molecular complexity index is 1210. The predicted octanol–water partition coefficient (Wildman–Crippen LogP) is 3.61. The van der Waals surface area contributed by atoms with Gasteiger partial charge in [0.25, 0.3) is 0 Å². The zero-order valence-electron chi connectivity index (χ0n) is 14.8. The molecule has 0 N–H and O–H groups in total. The zero-order chi connectivity index (χ0) is 20.7. The molecule has 5 rings (SSSR count). The second-order valence-electron chi connectivity index (χ2n) is 6.05. The first-order valence-electron chi connectivity index (χ1n) is 8.45. The first kappa shape index (κ1) is 18.0. The number of nitrogens with zero attached hydrogens (tertiary/aromatic N) is 5. The molecule has 1 aliphatic rings. The molecule has 0 saturated carbocycles. The van der Waals surface area contributed by atoms with Gasteiger partial charge in [0.2, 0.25) is 18.6 Å². The van der Waals surface area contributed by atoms with Crippen molar-refractivity contribution in [2.45, 2.75) is 6.36 Å². The number of alkyl halides is 3. The highest BCUT2D eigenvalue weighted by molar-refractivity contribution is 5.69. The van der Waals surface area contributed by atoms with Crippen molar-refractivity contribution in [1.29, 1.82) is 0 Å². The third-order valence-corrected chi connectivity index (χ3v) is 4.14. The lowest BCUT2D eigenvalue weighted by Crippen LogP contribution is -2.17. The molecule has 0 amide bonds. The van der Waals surface area contributed by atoms with Crippen molar-refractivity contribution in [2.75, 3.05) is 6.79 Å². The molecule has 0 fully saturated rings. The predicted molar refractivity (Wildman–Crippen MR) is 92.9 cm³/mol. The Morgan fingerprint density at radius 2 is 1.80 bits per heavy atom. The van der Waals surface area contributed by atoms with Gasteiger partial charge in [0.05, 0.1) is 11.3 Å². The van der Waals surface area contributed by atoms with Crippen LogP contribution in [0, 0.1) is 0 Å². The summed E-state index contributed by atoms with van der Waals surface area (Å²) in [5.74, 6) is 0.792. The molecule has 0 bridgehead atoms. The molecule has 2 aromatic carbocycles. The molecule has 12 heteroatoms. The van der Waals surface area contributed by atoms with Crippen molar-refractivity contribution in [3.8, 4) is 45.8 Å². The number of aromatic nitrogens is 5. The Balaban J connectivity index is 1.56. The molecule has 2 aromatic heterocycles. The van der Waals surface area contributed by atoms with E-state index in [1.165, 1.54) is 23.4 Å². The van der Waals surface area contributed by atoms with Gasteiger partial charge in [0, 0.05) is 5.56 Å². The van der Waals surface area contributed by atoms with E-state index in [9.17, 15) is 13.2 Å². The molecule has 3 heterocycles. The smallest absolute Gasteiger partial charge is 0.454 e. The van der Waals surface area contributed by atoms with Crippen LogP contribution in [0.15, 0.2) is 53.5 Å². The topological polar surface area (TPSA) is 97.3 Å². The number of ether oxygens (including phenoxy) is 3. The minimum atomic E-state index is -4.85. The van der Waals surface area contributed by atoms with Crippen LogP contribution in [0.1, 0.15) is 0 Å². The molecular weight excluding hydrogens is 407 g/mol. The van der Waals surface area contributed by atoms with Gasteiger partial charge in [-0.2, -0.15) is 5.10 Å². The van der Waals surface area contributed by atoms with E-state index >= 15 is 0 Å². The van der Waals surface area contributed by atoms with Crippen LogP contribution >= 0.6 is 0 Å². The second kappa shape index (κ2) is 6.76. The minimum absolute atomic E-state index is 0.0270. The van der Waals surface area contributed by atoms with Gasteiger partial charge in [-0.15, -0.1) is 23.4 Å². The summed E-state index contributed by atoms with van der Waals surface area (Å²) in [7, 11) is 0. The largest absolute Gasteiger partial charge is 0.573 e. The van der Waals surface area contributed by atoms with Crippen molar-refractivity contribution < 1.29 is 31.8 Å². The van der Waals surface area contributed by atoms with E-state index in [4.69, 9.17) is 13.9 Å². The Hall–Kier alpha value is -4.09. The molecule has 0 unspecified atom stereocenters. The van der Waals surface area contributed by atoms with Gasteiger partial charge in [-0.1, -0.05) is 0 Å². The molecule has 0 aliphatic carbocycles. The molecule has 30 heavy (non-hydrogen) atoms. The molecule has 9 nitrogen and oxygen atoms in total. The zero-order valence-corrected chi connectivity index (χ0v) is 14.8. The summed E-state index contributed by atoms with van der Waals surface area (Å²) in [4.78, 5) is 3.85. The second-order valence-corrected chi connectivity index (χ2v) is 6.05. The SMILES string of the molecule is FC(F)(F)Oc1ccc(-n2cncn2)c(-c2nnc(-c3ccc4c(c3)OCO4)o2)c1. The summed E-state index contributed by atoms with van der Waals surface area (Å²) in [6, 6.07) is 8.74. The van der Waals surface area contributed by atoms with Crippen LogP contribution in [0.25, 0.3) is 28.6 Å². The van der Waals surface area contributed by atoms with Gasteiger partial charge in [-0.05, 0) is 36.4 Å². The van der Waals surface area contributed by atoms with E-state index in [-0.39, 0.29) is 24.1 Å². The van der Waals surface area contributed by atoms with Gasteiger partial charge < -0.3 is 18.6 Å². The number of hydrogen-bond donors (Lipinski definition) is 0. The third-order valence-electron chi connectivity index (χ3n) is 4.14. The van der Waals surface area contributed by atoms with E-state index in [1.54, 1.807) is 18.2 Å². The highest BCUT2D eigenvalue weighted by Crippen LogP contribution is 2.37. The first-order valence-corrected chi connectivity index (χ1v) is 8.45. The highest BCUT2D eigenvalue weighted by Gasteiger charge is 2.31. The van der Waals surface area contributed by atoms with Crippen LogP contribution < -0.4 is 14.2 Å². The van der Waals surface area contributed by atoms with E-state index in [2.05, 4.69) is 25.0 Å². The van der Waals surface area contributed by atoms with E-state index < -0.39 is 12.1 Å². The molecule has 0 atom stereocenters. The fourth-order valence-corrected chi connectivity index (χ4v) is 2.89. The summed E-state index contributed by atoms with van der Waals surface area (Å²) >= 11 is 0. The van der Waals surface area contributed by atoms with Crippen molar-refractivity contribution in [1.82, 2.24) is 25.0 Å². The van der Waals surface area contributed by atoms with Crippen LogP contribution in [-0.2, 0) is 0 Å². The van der Waals surface area contributed by atoms with Crippen LogP contribution in [0.5, 0.6) is 17.2 Å². The fourth-order valence-electron chi connectivity index (χ4n) is 2.89. The van der Waals surface area contributed by atoms with E-state index in [1.807, 2.05) is 0 Å². The third kappa shape index (κ3) is 3.38. The number of benzene rings is 2. The van der Waals surface area contributed by atoms with Crippen LogP contribution in [0.3, 0.4) is 0 Å². The van der Waals surface area contributed by atoms with Crippen molar-refractivity contribution in [3.05, 3.63) is 49.1 Å². The summed E-state index contributed by atoms with van der Waals surface area (Å²) < 4.78 is 59.7. The van der Waals surface area contributed by atoms with Gasteiger partial charge >= 0.3 is 6.36 Å². The summed E-state index contributed by atoms with van der Waals surface area (Å²) in [5, 5.41) is 12.0. The van der Waals surface area contributed by atoms with Crippen LogP contribution in [0.2, 0.25) is 0 Å². The average Bonchev–Trinajstić information content (AvgIpc) is 3.46. The van der Waals surface area contributed by atoms with Gasteiger partial charge in [-0.3, -0.25) is 0 Å². The molecule has 0 saturated heterocycles. The standard InChI is InChI=1S/C18H10F3N5O4/c19-18(20,21)30-11-2-3-13(26-8-22-7-23-26)12(6-11)17-25-24-16(29-17)10-1-4-14-15(5-10)28-9-27-14/h1-8H,9H2. The fraction of sp³-hybridized carbons (Fsp3) is 0.111. The van der Waals surface area contributed by atoms with E-state index in [0.717, 1.165) is 12.1 Å². The van der Waals surface area contributed by atoms with Crippen molar-refractivity contribution in [2.24, 2.45) is 0 Å². The molecule has 0 radical (unpaired) electrons. The Labute approximate surface area is 165 Å². The van der Waals surface area contributed by atoms with Crippen molar-refractivity contribution >= 4 is 0 Å². The Kier molecular flexibility index (Phi) is 4.05. The lowest BCUT2D eigenvalue weighted by Gasteiger charge is -2.11. The maximum Gasteiger partial charge on any atom is 0.573 e. The van der Waals surface area contributed by atoms with E-state index in [0.29, 0.717) is 22.7 Å². The molecular formula is C18H10F3N5O4. The van der Waals surface area contributed by atoms with Crippen LogP contribution in [0.4, 0.5) is 13.2 Å². The lowest BCUT2D eigenvalue weighted by atomic mass is 10.1. The molecule has 152 valence electrons. The first-order chi connectivity index (χ1) is 14.5. The summed E-state index contributed by atoms with van der Waals surface area (Å²) in [6.07, 6.45) is -2.17. The minimum Gasteiger partial charge on any atom is -0.454 e. The van der Waals surface area contributed by atoms with Crippen LogP contribution in [-0.4, -0.2) is 38.1 Å². The molecule has 4 aromatic rings. The van der Waals surface area contributed by atoms with Gasteiger partial charge in [0.1, 0.15) is 18.4 Å². The quantitative estimate of drug-likeness (QED) is 0.497.